The number of nitro groups is 1. The molecule has 0 radical (unpaired) electrons. The van der Waals surface area contributed by atoms with Crippen molar-refractivity contribution in [3.63, 3.8) is 0 Å². The lowest BCUT2D eigenvalue weighted by atomic mass is 10.1. The van der Waals surface area contributed by atoms with Gasteiger partial charge >= 0.3 is 0 Å². The minimum absolute atomic E-state index is 0.00474. The molecule has 0 unspecified atom stereocenters. The Kier molecular flexibility index (Phi) is 6.25. The van der Waals surface area contributed by atoms with Crippen LogP contribution >= 0.6 is 0 Å². The van der Waals surface area contributed by atoms with Crippen molar-refractivity contribution in [1.29, 1.82) is 0 Å². The molecule has 2 saturated heterocycles. The molecule has 3 aromatic rings. The quantitative estimate of drug-likeness (QED) is 0.424. The van der Waals surface area contributed by atoms with Crippen LogP contribution in [0.4, 0.5) is 17.2 Å². The van der Waals surface area contributed by atoms with Gasteiger partial charge in [-0.2, -0.15) is 0 Å². The molecule has 5 rings (SSSR count). The lowest BCUT2D eigenvalue weighted by molar-refractivity contribution is -0.384. The number of aromatic nitrogens is 1. The maximum atomic E-state index is 13.2. The number of carbonyl (C=O) groups excluding carboxylic acids is 1. The van der Waals surface area contributed by atoms with Crippen molar-refractivity contribution in [3.05, 3.63) is 69.8 Å². The Balaban J connectivity index is 1.29. The van der Waals surface area contributed by atoms with E-state index in [9.17, 15) is 14.9 Å². The Labute approximate surface area is 204 Å². The van der Waals surface area contributed by atoms with E-state index in [-0.39, 0.29) is 16.5 Å². The number of para-hydroxylation sites is 1. The van der Waals surface area contributed by atoms with Crippen LogP contribution in [0.5, 0.6) is 0 Å². The molecule has 0 bridgehead atoms. The minimum atomic E-state index is -0.379. The number of benzene rings is 2. The van der Waals surface area contributed by atoms with E-state index in [0.717, 1.165) is 42.9 Å². The van der Waals surface area contributed by atoms with E-state index in [1.165, 1.54) is 11.6 Å². The Morgan fingerprint density at radius 2 is 1.60 bits per heavy atom. The van der Waals surface area contributed by atoms with Crippen LogP contribution in [0.3, 0.4) is 0 Å². The first-order valence-corrected chi connectivity index (χ1v) is 12.0. The van der Waals surface area contributed by atoms with E-state index in [1.54, 1.807) is 17.0 Å². The Bertz CT molecular complexity index is 1260. The summed E-state index contributed by atoms with van der Waals surface area (Å²) in [6, 6.07) is 15.1. The molecule has 2 aliphatic rings. The van der Waals surface area contributed by atoms with E-state index in [4.69, 9.17) is 4.98 Å². The number of aryl methyl sites for hydroxylation is 1. The molecule has 0 N–H and O–H groups in total. The fourth-order valence-corrected chi connectivity index (χ4v) is 4.93. The van der Waals surface area contributed by atoms with Crippen molar-refractivity contribution in [2.45, 2.75) is 6.92 Å². The number of likely N-dealkylation sites (N-methyl/N-ethyl adjacent to an activating group) is 1. The van der Waals surface area contributed by atoms with Crippen molar-refractivity contribution in [2.75, 3.05) is 69.2 Å². The first-order chi connectivity index (χ1) is 16.9. The number of hydrogen-bond acceptors (Lipinski definition) is 7. The summed E-state index contributed by atoms with van der Waals surface area (Å²) in [4.78, 5) is 37.7. The van der Waals surface area contributed by atoms with Crippen molar-refractivity contribution in [3.8, 4) is 0 Å². The highest BCUT2D eigenvalue weighted by molar-refractivity contribution is 5.96. The van der Waals surface area contributed by atoms with Crippen LogP contribution in [-0.4, -0.2) is 85.0 Å². The number of pyridine rings is 1. The van der Waals surface area contributed by atoms with Crippen LogP contribution in [0.1, 0.15) is 15.9 Å². The van der Waals surface area contributed by atoms with E-state index < -0.39 is 0 Å². The van der Waals surface area contributed by atoms with Crippen LogP contribution in [0.2, 0.25) is 0 Å². The van der Waals surface area contributed by atoms with Gasteiger partial charge in [-0.1, -0.05) is 18.2 Å². The summed E-state index contributed by atoms with van der Waals surface area (Å²) in [5.41, 5.74) is 3.09. The topological polar surface area (TPSA) is 86.1 Å². The van der Waals surface area contributed by atoms with Gasteiger partial charge in [0.15, 0.2) is 0 Å². The van der Waals surface area contributed by atoms with Gasteiger partial charge in [0.2, 0.25) is 0 Å². The monoisotopic (exact) mass is 474 g/mol. The van der Waals surface area contributed by atoms with Crippen LogP contribution in [0.15, 0.2) is 48.5 Å². The number of rotatable bonds is 4. The van der Waals surface area contributed by atoms with Crippen LogP contribution < -0.4 is 9.80 Å². The molecule has 3 heterocycles. The van der Waals surface area contributed by atoms with Crippen molar-refractivity contribution in [2.24, 2.45) is 0 Å². The van der Waals surface area contributed by atoms with Gasteiger partial charge in [0.05, 0.1) is 10.4 Å². The standard InChI is InChI=1S/C26H30N6O3/c1-19-17-25(27-22-6-4-3-5-21(19)22)30-13-15-31(16-14-30)26(33)20-7-8-23(24(18-20)32(34)35)29-11-9-28(2)10-12-29/h3-8,17-18H,9-16H2,1-2H3. The third kappa shape index (κ3) is 4.64. The number of hydrogen-bond donors (Lipinski definition) is 0. The average Bonchev–Trinajstić information content (AvgIpc) is 2.88. The van der Waals surface area contributed by atoms with Crippen LogP contribution in [0, 0.1) is 17.0 Å². The van der Waals surface area contributed by atoms with Gasteiger partial charge in [-0.05, 0) is 43.8 Å². The number of amides is 1. The third-order valence-electron chi connectivity index (χ3n) is 7.06. The Morgan fingerprint density at radius 3 is 2.31 bits per heavy atom. The summed E-state index contributed by atoms with van der Waals surface area (Å²) in [7, 11) is 2.05. The molecule has 1 aromatic heterocycles. The molecular formula is C26H30N6O3. The molecule has 2 aliphatic heterocycles. The summed E-state index contributed by atoms with van der Waals surface area (Å²) >= 11 is 0. The molecule has 2 fully saturated rings. The number of nitrogens with zero attached hydrogens (tertiary/aromatic N) is 6. The highest BCUT2D eigenvalue weighted by Gasteiger charge is 2.27. The maximum absolute atomic E-state index is 13.2. The first-order valence-electron chi connectivity index (χ1n) is 12.0. The fraction of sp³-hybridized carbons (Fsp3) is 0.385. The molecule has 182 valence electrons. The first kappa shape index (κ1) is 23.0. The number of piperazine rings is 2. The normalized spacial score (nSPS) is 17.1. The van der Waals surface area contributed by atoms with Crippen molar-refractivity contribution in [1.82, 2.24) is 14.8 Å². The summed E-state index contributed by atoms with van der Waals surface area (Å²) in [6.45, 7) is 7.67. The van der Waals surface area contributed by atoms with E-state index >= 15 is 0 Å². The number of fused-ring (bicyclic) bond motifs is 1. The minimum Gasteiger partial charge on any atom is -0.363 e. The zero-order chi connectivity index (χ0) is 24.5. The Morgan fingerprint density at radius 1 is 0.914 bits per heavy atom. The smallest absolute Gasteiger partial charge is 0.293 e. The molecule has 1 amide bonds. The Hall–Kier alpha value is -3.72. The van der Waals surface area contributed by atoms with Gasteiger partial charge < -0.3 is 19.6 Å². The van der Waals surface area contributed by atoms with Gasteiger partial charge in [-0.15, -0.1) is 0 Å². The number of anilines is 2. The molecular weight excluding hydrogens is 444 g/mol. The summed E-state index contributed by atoms with van der Waals surface area (Å²) in [5.74, 6) is 0.751. The van der Waals surface area contributed by atoms with Gasteiger partial charge in [0, 0.05) is 69.4 Å². The zero-order valence-corrected chi connectivity index (χ0v) is 20.2. The lowest BCUT2D eigenvalue weighted by Gasteiger charge is -2.36. The van der Waals surface area contributed by atoms with E-state index in [0.29, 0.717) is 37.4 Å². The molecule has 9 heteroatoms. The average molecular weight is 475 g/mol. The van der Waals surface area contributed by atoms with Gasteiger partial charge in [0.25, 0.3) is 11.6 Å². The highest BCUT2D eigenvalue weighted by atomic mass is 16.6. The van der Waals surface area contributed by atoms with Crippen LogP contribution in [-0.2, 0) is 0 Å². The van der Waals surface area contributed by atoms with E-state index in [2.05, 4.69) is 28.9 Å². The second kappa shape index (κ2) is 9.50. The lowest BCUT2D eigenvalue weighted by Crippen LogP contribution is -2.49. The maximum Gasteiger partial charge on any atom is 0.293 e. The predicted octanol–water partition coefficient (Wildman–Crippen LogP) is 3.17. The summed E-state index contributed by atoms with van der Waals surface area (Å²) in [6.07, 6.45) is 0. The molecule has 0 aliphatic carbocycles. The van der Waals surface area contributed by atoms with Gasteiger partial charge in [0.1, 0.15) is 11.5 Å². The summed E-state index contributed by atoms with van der Waals surface area (Å²) in [5, 5.41) is 13.0. The fourth-order valence-electron chi connectivity index (χ4n) is 4.93. The number of carbonyl (C=O) groups is 1. The third-order valence-corrected chi connectivity index (χ3v) is 7.06. The zero-order valence-electron chi connectivity index (χ0n) is 20.2. The number of nitro benzene ring substituents is 1. The van der Waals surface area contributed by atoms with Gasteiger partial charge in [-0.25, -0.2) is 4.98 Å². The largest absolute Gasteiger partial charge is 0.363 e. The second-order valence-electron chi connectivity index (χ2n) is 9.34. The van der Waals surface area contributed by atoms with E-state index in [1.807, 2.05) is 30.1 Å². The highest BCUT2D eigenvalue weighted by Crippen LogP contribution is 2.31. The summed E-state index contributed by atoms with van der Waals surface area (Å²) < 4.78 is 0. The second-order valence-corrected chi connectivity index (χ2v) is 9.34. The molecule has 2 aromatic carbocycles. The van der Waals surface area contributed by atoms with Crippen molar-refractivity contribution >= 4 is 34.0 Å². The molecule has 0 saturated carbocycles. The molecule has 35 heavy (non-hydrogen) atoms. The van der Waals surface area contributed by atoms with Crippen molar-refractivity contribution < 1.29 is 9.72 Å². The van der Waals surface area contributed by atoms with Crippen LogP contribution in [0.25, 0.3) is 10.9 Å². The predicted molar refractivity (Wildman–Crippen MR) is 137 cm³/mol. The molecule has 0 atom stereocenters. The molecule has 0 spiro atoms. The molecule has 9 nitrogen and oxygen atoms in total. The SMILES string of the molecule is Cc1cc(N2CCN(C(=O)c3ccc(N4CCN(C)CC4)c([N+](=O)[O-])c3)CC2)nc2ccccc12. The van der Waals surface area contributed by atoms with Gasteiger partial charge in [-0.3, -0.25) is 14.9 Å².